The van der Waals surface area contributed by atoms with Gasteiger partial charge in [-0.25, -0.2) is 4.39 Å². The Morgan fingerprint density at radius 2 is 1.30 bits per heavy atom. The monoisotopic (exact) mass is 457 g/mol. The zero-order valence-electron chi connectivity index (χ0n) is 21.4. The fourth-order valence-corrected chi connectivity index (χ4v) is 5.01. The zero-order valence-corrected chi connectivity index (χ0v) is 21.4. The Kier molecular flexibility index (Phi) is 14.1. The fourth-order valence-electron chi connectivity index (χ4n) is 5.01. The van der Waals surface area contributed by atoms with E-state index in [1.54, 1.807) is 6.07 Å². The van der Waals surface area contributed by atoms with E-state index >= 15 is 0 Å². The van der Waals surface area contributed by atoms with Gasteiger partial charge in [-0.15, -0.1) is 0 Å². The molecule has 1 atom stereocenters. The van der Waals surface area contributed by atoms with E-state index in [1.165, 1.54) is 102 Å². The Morgan fingerprint density at radius 3 is 1.82 bits per heavy atom. The van der Waals surface area contributed by atoms with Crippen LogP contribution in [0.2, 0.25) is 0 Å². The number of unbranched alkanes of at least 4 members (excludes halogenated alkanes) is 15. The van der Waals surface area contributed by atoms with Crippen molar-refractivity contribution >= 4 is 11.5 Å². The number of fused-ring (bicyclic) bond motifs is 1. The molecule has 1 aliphatic carbocycles. The van der Waals surface area contributed by atoms with E-state index < -0.39 is 0 Å². The number of halogens is 1. The zero-order chi connectivity index (χ0) is 23.7. The van der Waals surface area contributed by atoms with E-state index in [0.717, 1.165) is 18.4 Å². The quantitative estimate of drug-likeness (QED) is 0.206. The summed E-state index contributed by atoms with van der Waals surface area (Å²) < 4.78 is 14.2. The van der Waals surface area contributed by atoms with E-state index in [9.17, 15) is 9.18 Å². The molecule has 0 heterocycles. The summed E-state index contributed by atoms with van der Waals surface area (Å²) >= 11 is 0. The summed E-state index contributed by atoms with van der Waals surface area (Å²) in [4.78, 5) is 12.6. The van der Waals surface area contributed by atoms with Crippen LogP contribution in [-0.2, 0) is 4.79 Å². The molecule has 0 aliphatic heterocycles. The van der Waals surface area contributed by atoms with Gasteiger partial charge in [0.05, 0.1) is 0 Å². The lowest BCUT2D eigenvalue weighted by molar-refractivity contribution is -0.115. The highest BCUT2D eigenvalue weighted by Gasteiger charge is 2.28. The first kappa shape index (κ1) is 27.6. The molecular formula is C30H48FNO. The fraction of sp³-hybridized carbons (Fsp3) is 0.700. The number of benzene rings is 1. The highest BCUT2D eigenvalue weighted by molar-refractivity contribution is 6.21. The van der Waals surface area contributed by atoms with Crippen molar-refractivity contribution in [2.45, 2.75) is 129 Å². The van der Waals surface area contributed by atoms with Gasteiger partial charge in [-0.2, -0.15) is 0 Å². The molecule has 0 radical (unpaired) electrons. The average Bonchev–Trinajstić information content (AvgIpc) is 3.21. The molecule has 186 valence electrons. The van der Waals surface area contributed by atoms with Gasteiger partial charge in [0.25, 0.3) is 5.91 Å². The molecule has 0 spiro atoms. The van der Waals surface area contributed by atoms with Gasteiger partial charge in [0.15, 0.2) is 0 Å². The van der Waals surface area contributed by atoms with Gasteiger partial charge in [-0.05, 0) is 24.5 Å². The number of hydrogen-bond acceptors (Lipinski definition) is 1. The lowest BCUT2D eigenvalue weighted by Gasteiger charge is -2.09. The van der Waals surface area contributed by atoms with Gasteiger partial charge < -0.3 is 5.32 Å². The molecule has 33 heavy (non-hydrogen) atoms. The Balaban J connectivity index is 1.43. The predicted molar refractivity (Wildman–Crippen MR) is 140 cm³/mol. The highest BCUT2D eigenvalue weighted by atomic mass is 19.1. The van der Waals surface area contributed by atoms with Gasteiger partial charge in [0, 0.05) is 23.6 Å². The molecule has 0 saturated carbocycles. The van der Waals surface area contributed by atoms with Crippen LogP contribution in [0.5, 0.6) is 0 Å². The molecule has 1 aliphatic rings. The van der Waals surface area contributed by atoms with E-state index in [4.69, 9.17) is 0 Å². The van der Waals surface area contributed by atoms with Crippen molar-refractivity contribution in [2.24, 2.45) is 0 Å². The Hall–Kier alpha value is -1.64. The van der Waals surface area contributed by atoms with Crippen molar-refractivity contribution in [1.29, 1.82) is 0 Å². The summed E-state index contributed by atoms with van der Waals surface area (Å²) in [6, 6.07) is 5.06. The highest BCUT2D eigenvalue weighted by Crippen LogP contribution is 2.39. The van der Waals surface area contributed by atoms with Gasteiger partial charge in [-0.3, -0.25) is 4.79 Å². The third-order valence-corrected chi connectivity index (χ3v) is 7.08. The van der Waals surface area contributed by atoms with E-state index in [0.29, 0.717) is 17.7 Å². The van der Waals surface area contributed by atoms with Crippen molar-refractivity contribution in [3.8, 4) is 0 Å². The second-order valence-corrected chi connectivity index (χ2v) is 9.86. The summed E-state index contributed by atoms with van der Waals surface area (Å²) in [7, 11) is 0. The number of allylic oxidation sites excluding steroid dienone is 1. The molecule has 1 unspecified atom stereocenters. The minimum atomic E-state index is -0.198. The van der Waals surface area contributed by atoms with Crippen molar-refractivity contribution in [2.75, 3.05) is 6.54 Å². The normalized spacial score (nSPS) is 14.9. The summed E-state index contributed by atoms with van der Waals surface area (Å²) in [6.07, 6.45) is 24.3. The topological polar surface area (TPSA) is 29.1 Å². The largest absolute Gasteiger partial charge is 0.352 e. The Morgan fingerprint density at radius 1 is 0.788 bits per heavy atom. The molecular weight excluding hydrogens is 409 g/mol. The van der Waals surface area contributed by atoms with Crippen LogP contribution in [0.25, 0.3) is 5.57 Å². The molecule has 0 fully saturated rings. The molecule has 2 rings (SSSR count). The van der Waals surface area contributed by atoms with Crippen LogP contribution in [-0.4, -0.2) is 12.5 Å². The lowest BCUT2D eigenvalue weighted by Crippen LogP contribution is -2.25. The van der Waals surface area contributed by atoms with Crippen molar-refractivity contribution in [3.05, 3.63) is 41.2 Å². The first-order valence-corrected chi connectivity index (χ1v) is 14.0. The maximum Gasteiger partial charge on any atom is 0.251 e. The maximum absolute atomic E-state index is 14.2. The number of carbonyl (C=O) groups excluding carboxylic acids is 1. The molecule has 1 N–H and O–H groups in total. The predicted octanol–water partition coefficient (Wildman–Crippen LogP) is 9.09. The smallest absolute Gasteiger partial charge is 0.251 e. The average molecular weight is 458 g/mol. The summed E-state index contributed by atoms with van der Waals surface area (Å²) in [5, 5.41) is 3.05. The number of hydrogen-bond donors (Lipinski definition) is 1. The summed E-state index contributed by atoms with van der Waals surface area (Å²) in [5.41, 5.74) is 2.10. The second kappa shape index (κ2) is 16.9. The van der Waals surface area contributed by atoms with Crippen LogP contribution in [0.15, 0.2) is 24.3 Å². The second-order valence-electron chi connectivity index (χ2n) is 9.86. The minimum absolute atomic E-state index is 0.0116. The van der Waals surface area contributed by atoms with Gasteiger partial charge >= 0.3 is 0 Å². The third kappa shape index (κ3) is 10.0. The van der Waals surface area contributed by atoms with Crippen molar-refractivity contribution in [3.63, 3.8) is 0 Å². The van der Waals surface area contributed by atoms with Crippen LogP contribution in [0.4, 0.5) is 4.39 Å². The van der Waals surface area contributed by atoms with Gasteiger partial charge in [0.1, 0.15) is 5.82 Å². The van der Waals surface area contributed by atoms with Crippen LogP contribution in [0.3, 0.4) is 0 Å². The first-order chi connectivity index (χ1) is 16.2. The molecule has 0 saturated heterocycles. The summed E-state index contributed by atoms with van der Waals surface area (Å²) in [6.45, 7) is 5.02. The van der Waals surface area contributed by atoms with Gasteiger partial charge in [0.2, 0.25) is 0 Å². The number of amides is 1. The van der Waals surface area contributed by atoms with Crippen LogP contribution >= 0.6 is 0 Å². The Labute approximate surface area is 202 Å². The lowest BCUT2D eigenvalue weighted by atomic mass is 9.97. The number of carbonyl (C=O) groups is 1. The van der Waals surface area contributed by atoms with Crippen LogP contribution < -0.4 is 5.32 Å². The maximum atomic E-state index is 14.2. The molecule has 2 nitrogen and oxygen atoms in total. The first-order valence-electron chi connectivity index (χ1n) is 14.0. The SMILES string of the molecule is CCCCCCCCCCCCCCCCCCNC(=O)C1=CC(CC)c2c(F)cccc21. The summed E-state index contributed by atoms with van der Waals surface area (Å²) in [5.74, 6) is -0.243. The third-order valence-electron chi connectivity index (χ3n) is 7.08. The molecule has 1 aromatic rings. The number of rotatable bonds is 19. The van der Waals surface area contributed by atoms with Gasteiger partial charge in [-0.1, -0.05) is 128 Å². The van der Waals surface area contributed by atoms with Crippen molar-refractivity contribution in [1.82, 2.24) is 5.32 Å². The minimum Gasteiger partial charge on any atom is -0.352 e. The van der Waals surface area contributed by atoms with E-state index in [1.807, 2.05) is 19.1 Å². The van der Waals surface area contributed by atoms with Crippen LogP contribution in [0, 0.1) is 5.82 Å². The molecule has 0 aromatic heterocycles. The molecule has 1 aromatic carbocycles. The number of nitrogens with one attached hydrogen (secondary N) is 1. The van der Waals surface area contributed by atoms with Crippen molar-refractivity contribution < 1.29 is 9.18 Å². The van der Waals surface area contributed by atoms with Crippen LogP contribution in [0.1, 0.15) is 140 Å². The molecule has 3 heteroatoms. The molecule has 1 amide bonds. The Bertz CT molecular complexity index is 711. The molecule has 0 bridgehead atoms. The van der Waals surface area contributed by atoms with E-state index in [-0.39, 0.29) is 17.6 Å². The standard InChI is InChI=1S/C30H48FNO/c1-3-5-6-7-8-9-10-11-12-13-14-15-16-17-18-19-23-32-30(33)27-24-25(4-2)29-26(27)21-20-22-28(29)31/h20-22,24-25H,3-19,23H2,1-2H3,(H,32,33). The van der Waals surface area contributed by atoms with E-state index in [2.05, 4.69) is 12.2 Å².